The number of hydrogen-bond acceptors (Lipinski definition) is 7. The fraction of sp³-hybridized carbons (Fsp3) is 0.692. The Balaban J connectivity index is 4.28. The molecule has 0 fully saturated rings. The van der Waals surface area contributed by atoms with E-state index in [2.05, 4.69) is 98.9 Å². The molecular formula is C52H91NO8P+. The third-order valence-corrected chi connectivity index (χ3v) is 10.9. The molecule has 0 saturated heterocycles. The lowest BCUT2D eigenvalue weighted by Crippen LogP contribution is -2.37. The minimum atomic E-state index is -4.39. The van der Waals surface area contributed by atoms with Gasteiger partial charge in [0.25, 0.3) is 0 Å². The molecule has 0 spiro atoms. The fourth-order valence-corrected chi connectivity index (χ4v) is 6.88. The van der Waals surface area contributed by atoms with Gasteiger partial charge in [-0.3, -0.25) is 18.6 Å². The van der Waals surface area contributed by atoms with Crippen LogP contribution in [0.5, 0.6) is 0 Å². The fourth-order valence-electron chi connectivity index (χ4n) is 6.14. The topological polar surface area (TPSA) is 108 Å². The van der Waals surface area contributed by atoms with Crippen molar-refractivity contribution in [3.63, 3.8) is 0 Å². The van der Waals surface area contributed by atoms with Crippen LogP contribution in [0.1, 0.15) is 181 Å². The highest BCUT2D eigenvalue weighted by Crippen LogP contribution is 2.43. The number of phosphoric ester groups is 1. The lowest BCUT2D eigenvalue weighted by Gasteiger charge is -2.24. The van der Waals surface area contributed by atoms with Gasteiger partial charge in [0.05, 0.1) is 27.7 Å². The molecule has 0 bridgehead atoms. The monoisotopic (exact) mass is 889 g/mol. The molecule has 9 nitrogen and oxygen atoms in total. The number of rotatable bonds is 43. The average molecular weight is 889 g/mol. The Morgan fingerprint density at radius 3 is 1.37 bits per heavy atom. The van der Waals surface area contributed by atoms with Crippen molar-refractivity contribution in [2.24, 2.45) is 0 Å². The van der Waals surface area contributed by atoms with Crippen LogP contribution in [0, 0.1) is 0 Å². The van der Waals surface area contributed by atoms with Gasteiger partial charge in [-0.15, -0.1) is 0 Å². The highest BCUT2D eigenvalue weighted by Gasteiger charge is 2.27. The molecule has 62 heavy (non-hydrogen) atoms. The lowest BCUT2D eigenvalue weighted by atomic mass is 10.1. The smallest absolute Gasteiger partial charge is 0.462 e. The maximum Gasteiger partial charge on any atom is 0.472 e. The number of quaternary nitrogens is 1. The van der Waals surface area contributed by atoms with E-state index in [0.29, 0.717) is 17.4 Å². The molecule has 2 unspecified atom stereocenters. The van der Waals surface area contributed by atoms with E-state index in [9.17, 15) is 19.0 Å². The van der Waals surface area contributed by atoms with Crippen LogP contribution in [0.4, 0.5) is 0 Å². The molecule has 10 heteroatoms. The van der Waals surface area contributed by atoms with Crippen molar-refractivity contribution in [2.45, 2.75) is 187 Å². The molecule has 0 radical (unpaired) electrons. The standard InChI is InChI=1S/C52H90NO8P/c1-6-8-10-12-14-16-18-20-21-22-23-24-25-26-27-28-29-30-31-33-35-37-39-41-43-45-52(55)61-50(49-60-62(56,57)59-47-46-53(3,4)5)48-58-51(54)44-42-40-38-36-34-32-19-17-15-13-11-9-7-2/h8,10-11,13-14,16-17,19-21,23-24,26-27,50H,6-7,9,12,15,18,22,25,28-49H2,1-5H3/p+1/b10-8-,13-11-,16-14-,19-17-,21-20-,24-23-,27-26-. The highest BCUT2D eigenvalue weighted by atomic mass is 31.2. The first kappa shape index (κ1) is 59.2. The van der Waals surface area contributed by atoms with Crippen LogP contribution >= 0.6 is 7.82 Å². The number of unbranched alkanes of at least 4 members (excludes halogenated alkanes) is 15. The first-order valence-electron chi connectivity index (χ1n) is 24.3. The van der Waals surface area contributed by atoms with Crippen LogP contribution in [0.25, 0.3) is 0 Å². The van der Waals surface area contributed by atoms with Crippen molar-refractivity contribution in [1.82, 2.24) is 0 Å². The summed E-state index contributed by atoms with van der Waals surface area (Å²) in [6.07, 6.45) is 56.3. The maximum atomic E-state index is 12.7. The van der Waals surface area contributed by atoms with Crippen molar-refractivity contribution in [1.29, 1.82) is 0 Å². The van der Waals surface area contributed by atoms with Crippen LogP contribution in [-0.4, -0.2) is 74.9 Å². The van der Waals surface area contributed by atoms with E-state index in [-0.39, 0.29) is 32.0 Å². The first-order valence-corrected chi connectivity index (χ1v) is 25.8. The molecule has 0 amide bonds. The largest absolute Gasteiger partial charge is 0.472 e. The second-order valence-electron chi connectivity index (χ2n) is 17.1. The third kappa shape index (κ3) is 46.7. The molecule has 356 valence electrons. The van der Waals surface area contributed by atoms with E-state index in [4.69, 9.17) is 18.5 Å². The zero-order valence-corrected chi connectivity index (χ0v) is 41.0. The Hall–Kier alpha value is -2.81. The molecule has 0 aliphatic rings. The van der Waals surface area contributed by atoms with Gasteiger partial charge >= 0.3 is 19.8 Å². The summed E-state index contributed by atoms with van der Waals surface area (Å²) in [5.74, 6) is -0.828. The summed E-state index contributed by atoms with van der Waals surface area (Å²) in [6, 6.07) is 0. The summed E-state index contributed by atoms with van der Waals surface area (Å²) >= 11 is 0. The third-order valence-electron chi connectivity index (χ3n) is 9.89. The molecule has 0 heterocycles. The number of carbonyl (C=O) groups is 2. The molecule has 0 aromatic heterocycles. The number of esters is 2. The minimum Gasteiger partial charge on any atom is -0.462 e. The number of allylic oxidation sites excluding steroid dienone is 14. The van der Waals surface area contributed by atoms with Gasteiger partial charge in [0.2, 0.25) is 0 Å². The molecule has 0 aromatic rings. The normalized spacial score (nSPS) is 14.2. The Labute approximate surface area is 380 Å². The second kappa shape index (κ2) is 43.4. The SMILES string of the molecule is CC/C=C\C/C=C\C/C=C\C/C=C\C/C=C\CCCCCCCCCCCC(=O)OC(COC(=O)CCCCCCC/C=C\C/C=C\CCC)COP(=O)(O)OCC[N+](C)(C)C. The van der Waals surface area contributed by atoms with Gasteiger partial charge < -0.3 is 18.9 Å². The molecule has 0 aliphatic heterocycles. The van der Waals surface area contributed by atoms with Crippen molar-refractivity contribution in [2.75, 3.05) is 47.5 Å². The number of phosphoric acid groups is 1. The number of carbonyl (C=O) groups excluding carboxylic acids is 2. The van der Waals surface area contributed by atoms with Gasteiger partial charge in [0, 0.05) is 12.8 Å². The summed E-state index contributed by atoms with van der Waals surface area (Å²) < 4.78 is 34.4. The number of hydrogen-bond donors (Lipinski definition) is 1. The maximum absolute atomic E-state index is 12.7. The van der Waals surface area contributed by atoms with Crippen molar-refractivity contribution in [3.8, 4) is 0 Å². The molecule has 0 saturated carbocycles. The van der Waals surface area contributed by atoms with Gasteiger partial charge in [0.15, 0.2) is 6.10 Å². The Morgan fingerprint density at radius 1 is 0.516 bits per heavy atom. The number of likely N-dealkylation sites (N-methyl/N-ethyl adjacent to an activating group) is 1. The van der Waals surface area contributed by atoms with E-state index in [0.717, 1.165) is 109 Å². The van der Waals surface area contributed by atoms with Crippen LogP contribution < -0.4 is 0 Å². The Bertz CT molecular complexity index is 1330. The van der Waals surface area contributed by atoms with E-state index < -0.39 is 26.5 Å². The van der Waals surface area contributed by atoms with Gasteiger partial charge in [-0.25, -0.2) is 4.57 Å². The quantitative estimate of drug-likeness (QED) is 0.0212. The van der Waals surface area contributed by atoms with Crippen LogP contribution in [0.15, 0.2) is 85.1 Å². The number of ether oxygens (including phenoxy) is 2. The summed E-state index contributed by atoms with van der Waals surface area (Å²) in [4.78, 5) is 35.5. The predicted molar refractivity (Wildman–Crippen MR) is 261 cm³/mol. The minimum absolute atomic E-state index is 0.0238. The van der Waals surface area contributed by atoms with Gasteiger partial charge in [-0.2, -0.15) is 0 Å². The van der Waals surface area contributed by atoms with Crippen molar-refractivity contribution >= 4 is 19.8 Å². The molecule has 2 atom stereocenters. The molecule has 0 rings (SSSR count). The Morgan fingerprint density at radius 2 is 0.919 bits per heavy atom. The highest BCUT2D eigenvalue weighted by molar-refractivity contribution is 7.47. The zero-order valence-electron chi connectivity index (χ0n) is 40.1. The second-order valence-corrected chi connectivity index (χ2v) is 18.6. The van der Waals surface area contributed by atoms with Crippen LogP contribution in [-0.2, 0) is 32.7 Å². The van der Waals surface area contributed by atoms with Gasteiger partial charge in [-0.05, 0) is 83.5 Å². The van der Waals surface area contributed by atoms with Crippen LogP contribution in [0.2, 0.25) is 0 Å². The van der Waals surface area contributed by atoms with E-state index in [1.807, 2.05) is 21.1 Å². The summed E-state index contributed by atoms with van der Waals surface area (Å²) in [7, 11) is 1.45. The van der Waals surface area contributed by atoms with E-state index in [1.165, 1.54) is 38.5 Å². The summed E-state index contributed by atoms with van der Waals surface area (Å²) in [6.45, 7) is 4.21. The molecular weight excluding hydrogens is 798 g/mol. The van der Waals surface area contributed by atoms with E-state index >= 15 is 0 Å². The predicted octanol–water partition coefficient (Wildman–Crippen LogP) is 14.4. The van der Waals surface area contributed by atoms with Crippen molar-refractivity contribution in [3.05, 3.63) is 85.1 Å². The lowest BCUT2D eigenvalue weighted by molar-refractivity contribution is -0.870. The van der Waals surface area contributed by atoms with Gasteiger partial charge in [-0.1, -0.05) is 170 Å². The van der Waals surface area contributed by atoms with Crippen LogP contribution in [0.3, 0.4) is 0 Å². The zero-order chi connectivity index (χ0) is 45.7. The summed E-state index contributed by atoms with van der Waals surface area (Å²) in [5, 5.41) is 0. The van der Waals surface area contributed by atoms with Gasteiger partial charge in [0.1, 0.15) is 19.8 Å². The van der Waals surface area contributed by atoms with E-state index in [1.54, 1.807) is 0 Å². The molecule has 0 aliphatic carbocycles. The average Bonchev–Trinajstić information content (AvgIpc) is 3.23. The number of nitrogens with zero attached hydrogens (tertiary/aromatic N) is 1. The first-order chi connectivity index (χ1) is 30.0. The van der Waals surface area contributed by atoms with Crippen molar-refractivity contribution < 1.29 is 42.1 Å². The molecule has 0 aromatic carbocycles. The molecule has 1 N–H and O–H groups in total. The Kier molecular flexibility index (Phi) is 41.5. The summed E-state index contributed by atoms with van der Waals surface area (Å²) in [5.41, 5.74) is 0.